The number of fused-ring (bicyclic) bond motifs is 1. The summed E-state index contributed by atoms with van der Waals surface area (Å²) >= 11 is 6.11. The third kappa shape index (κ3) is 4.74. The molecule has 5 nitrogen and oxygen atoms in total. The number of methoxy groups -OCH3 is 1. The molecule has 0 radical (unpaired) electrons. The van der Waals surface area contributed by atoms with E-state index < -0.39 is 0 Å². The van der Waals surface area contributed by atoms with E-state index in [0.717, 1.165) is 44.5 Å². The first-order valence-electron chi connectivity index (χ1n) is 10.8. The van der Waals surface area contributed by atoms with Crippen LogP contribution >= 0.6 is 11.6 Å². The van der Waals surface area contributed by atoms with Gasteiger partial charge in [-0.3, -0.25) is 9.69 Å². The third-order valence-electron chi connectivity index (χ3n) is 6.24. The smallest absolute Gasteiger partial charge is 0.410 e. The largest absolute Gasteiger partial charge is 0.469 e. The van der Waals surface area contributed by atoms with Crippen molar-refractivity contribution < 1.29 is 19.1 Å². The lowest BCUT2D eigenvalue weighted by atomic mass is 9.84. The van der Waals surface area contributed by atoms with E-state index in [0.29, 0.717) is 18.1 Å². The molecule has 0 bridgehead atoms. The molecule has 0 fully saturated rings. The van der Waals surface area contributed by atoms with E-state index in [1.165, 1.54) is 7.11 Å². The average Bonchev–Trinajstić information content (AvgIpc) is 3.29. The zero-order valence-corrected chi connectivity index (χ0v) is 19.7. The maximum atomic E-state index is 12.8. The SMILES string of the molecule is COC(=O)Cc1c(C)c2c(c(C)c1-c1ccc(Cl)cc1)CN(C(=O)OCc1ccccc1)C2. The van der Waals surface area contributed by atoms with Crippen LogP contribution in [0.3, 0.4) is 0 Å². The third-order valence-corrected chi connectivity index (χ3v) is 6.49. The highest BCUT2D eigenvalue weighted by molar-refractivity contribution is 6.30. The average molecular weight is 464 g/mol. The van der Waals surface area contributed by atoms with E-state index in [1.54, 1.807) is 4.90 Å². The number of rotatable bonds is 5. The highest BCUT2D eigenvalue weighted by Gasteiger charge is 2.31. The van der Waals surface area contributed by atoms with Crippen molar-refractivity contribution in [3.05, 3.63) is 93.0 Å². The number of hydrogen-bond acceptors (Lipinski definition) is 4. The Morgan fingerprint density at radius 3 is 2.21 bits per heavy atom. The number of hydrogen-bond donors (Lipinski definition) is 0. The van der Waals surface area contributed by atoms with E-state index in [4.69, 9.17) is 21.1 Å². The van der Waals surface area contributed by atoms with Gasteiger partial charge in [0.1, 0.15) is 6.61 Å². The number of amides is 1. The van der Waals surface area contributed by atoms with Crippen molar-refractivity contribution >= 4 is 23.7 Å². The van der Waals surface area contributed by atoms with Crippen LogP contribution in [-0.2, 0) is 40.4 Å². The van der Waals surface area contributed by atoms with Gasteiger partial charge in [-0.15, -0.1) is 0 Å². The predicted molar refractivity (Wildman–Crippen MR) is 128 cm³/mol. The molecule has 6 heteroatoms. The Morgan fingerprint density at radius 2 is 1.58 bits per heavy atom. The first-order chi connectivity index (χ1) is 15.9. The molecule has 170 valence electrons. The van der Waals surface area contributed by atoms with Crippen molar-refractivity contribution in [3.8, 4) is 11.1 Å². The first kappa shape index (κ1) is 22.9. The maximum absolute atomic E-state index is 12.8. The summed E-state index contributed by atoms with van der Waals surface area (Å²) in [7, 11) is 1.39. The summed E-state index contributed by atoms with van der Waals surface area (Å²) in [5.41, 5.74) is 8.06. The molecule has 0 N–H and O–H groups in total. The summed E-state index contributed by atoms with van der Waals surface area (Å²) in [5.74, 6) is -0.301. The Labute approximate surface area is 198 Å². The van der Waals surface area contributed by atoms with Crippen molar-refractivity contribution in [2.24, 2.45) is 0 Å². The Kier molecular flexibility index (Phi) is 6.70. The van der Waals surface area contributed by atoms with Crippen LogP contribution < -0.4 is 0 Å². The minimum absolute atomic E-state index is 0.160. The lowest BCUT2D eigenvalue weighted by Gasteiger charge is -2.20. The second-order valence-corrected chi connectivity index (χ2v) is 8.65. The Morgan fingerprint density at radius 1 is 0.939 bits per heavy atom. The zero-order valence-electron chi connectivity index (χ0n) is 19.0. The molecule has 1 heterocycles. The van der Waals surface area contributed by atoms with Crippen molar-refractivity contribution in [3.63, 3.8) is 0 Å². The van der Waals surface area contributed by atoms with Crippen LogP contribution in [0.5, 0.6) is 0 Å². The van der Waals surface area contributed by atoms with Gasteiger partial charge in [0, 0.05) is 18.1 Å². The van der Waals surface area contributed by atoms with E-state index >= 15 is 0 Å². The number of ether oxygens (including phenoxy) is 2. The fraction of sp³-hybridized carbons (Fsp3) is 0.259. The molecule has 0 saturated heterocycles. The van der Waals surface area contributed by atoms with Crippen molar-refractivity contribution in [2.75, 3.05) is 7.11 Å². The van der Waals surface area contributed by atoms with Gasteiger partial charge in [0.2, 0.25) is 0 Å². The van der Waals surface area contributed by atoms with Gasteiger partial charge in [-0.2, -0.15) is 0 Å². The summed E-state index contributed by atoms with van der Waals surface area (Å²) in [4.78, 5) is 26.8. The summed E-state index contributed by atoms with van der Waals surface area (Å²) in [6.07, 6.45) is -0.191. The fourth-order valence-electron chi connectivity index (χ4n) is 4.45. The summed E-state index contributed by atoms with van der Waals surface area (Å²) in [6, 6.07) is 17.2. The lowest BCUT2D eigenvalue weighted by Crippen LogP contribution is -2.26. The van der Waals surface area contributed by atoms with Crippen LogP contribution in [0.2, 0.25) is 5.02 Å². The van der Waals surface area contributed by atoms with Crippen LogP contribution in [0.25, 0.3) is 11.1 Å². The van der Waals surface area contributed by atoms with E-state index in [1.807, 2.05) is 68.4 Å². The molecule has 0 atom stereocenters. The maximum Gasteiger partial charge on any atom is 0.410 e. The van der Waals surface area contributed by atoms with Crippen LogP contribution in [0, 0.1) is 13.8 Å². The summed E-state index contributed by atoms with van der Waals surface area (Å²) in [6.45, 7) is 5.20. The van der Waals surface area contributed by atoms with Crippen LogP contribution in [-0.4, -0.2) is 24.1 Å². The number of carbonyl (C=O) groups is 2. The number of esters is 1. The molecule has 1 aliphatic heterocycles. The summed E-state index contributed by atoms with van der Waals surface area (Å²) in [5, 5.41) is 0.649. The number of benzene rings is 3. The number of halogens is 1. The van der Waals surface area contributed by atoms with Crippen LogP contribution in [0.15, 0.2) is 54.6 Å². The first-order valence-corrected chi connectivity index (χ1v) is 11.2. The van der Waals surface area contributed by atoms with E-state index in [9.17, 15) is 9.59 Å². The lowest BCUT2D eigenvalue weighted by molar-refractivity contribution is -0.139. The molecule has 1 aliphatic rings. The van der Waals surface area contributed by atoms with Crippen molar-refractivity contribution in [2.45, 2.75) is 40.0 Å². The Balaban J connectivity index is 1.67. The van der Waals surface area contributed by atoms with Gasteiger partial charge in [-0.25, -0.2) is 4.79 Å². The van der Waals surface area contributed by atoms with Gasteiger partial charge >= 0.3 is 12.1 Å². The highest BCUT2D eigenvalue weighted by Crippen LogP contribution is 2.40. The molecular weight excluding hydrogens is 438 g/mol. The minimum Gasteiger partial charge on any atom is -0.469 e. The molecule has 33 heavy (non-hydrogen) atoms. The van der Waals surface area contributed by atoms with Gasteiger partial charge < -0.3 is 9.47 Å². The molecule has 0 aromatic heterocycles. The fourth-order valence-corrected chi connectivity index (χ4v) is 4.58. The molecule has 1 amide bonds. The van der Waals surface area contributed by atoms with Crippen molar-refractivity contribution in [1.29, 1.82) is 0 Å². The Hall–Kier alpha value is -3.31. The molecule has 0 spiro atoms. The minimum atomic E-state index is -0.351. The van der Waals surface area contributed by atoms with Gasteiger partial charge in [0.15, 0.2) is 0 Å². The monoisotopic (exact) mass is 463 g/mol. The van der Waals surface area contributed by atoms with E-state index in [2.05, 4.69) is 0 Å². The van der Waals surface area contributed by atoms with Gasteiger partial charge in [0.25, 0.3) is 0 Å². The molecule has 0 saturated carbocycles. The standard InChI is InChI=1S/C27H26ClNO4/c1-17-22(13-25(30)32-3)26(20-9-11-21(28)12-10-20)18(2)24-15-29(14-23(17)24)27(31)33-16-19-7-5-4-6-8-19/h4-12H,13-16H2,1-3H3. The zero-order chi connectivity index (χ0) is 23.5. The second kappa shape index (κ2) is 9.67. The van der Waals surface area contributed by atoms with Gasteiger partial charge in [-0.1, -0.05) is 54.1 Å². The molecule has 0 unspecified atom stereocenters. The van der Waals surface area contributed by atoms with E-state index in [-0.39, 0.29) is 25.1 Å². The highest BCUT2D eigenvalue weighted by atomic mass is 35.5. The van der Waals surface area contributed by atoms with Gasteiger partial charge in [-0.05, 0) is 70.5 Å². The summed E-state index contributed by atoms with van der Waals surface area (Å²) < 4.78 is 10.5. The molecule has 0 aliphatic carbocycles. The van der Waals surface area contributed by atoms with Crippen LogP contribution in [0.1, 0.15) is 33.4 Å². The van der Waals surface area contributed by atoms with Gasteiger partial charge in [0.05, 0.1) is 13.5 Å². The number of carbonyl (C=O) groups excluding carboxylic acids is 2. The molecular formula is C27H26ClNO4. The molecule has 3 aromatic carbocycles. The number of nitrogens with zero attached hydrogens (tertiary/aromatic N) is 1. The van der Waals surface area contributed by atoms with Crippen molar-refractivity contribution in [1.82, 2.24) is 4.90 Å². The second-order valence-electron chi connectivity index (χ2n) is 8.22. The Bertz CT molecular complexity index is 1190. The predicted octanol–water partition coefficient (Wildman–Crippen LogP) is 5.99. The quantitative estimate of drug-likeness (QED) is 0.436. The normalized spacial score (nSPS) is 12.4. The molecule has 3 aromatic rings. The topological polar surface area (TPSA) is 55.8 Å². The van der Waals surface area contributed by atoms with Crippen LogP contribution in [0.4, 0.5) is 4.79 Å². The molecule has 4 rings (SSSR count).